The van der Waals surface area contributed by atoms with Gasteiger partial charge in [0.15, 0.2) is 0 Å². The van der Waals surface area contributed by atoms with Crippen LogP contribution in [0.15, 0.2) is 42.5 Å². The van der Waals surface area contributed by atoms with Gasteiger partial charge < -0.3 is 15.1 Å². The van der Waals surface area contributed by atoms with Crippen molar-refractivity contribution < 1.29 is 22.4 Å². The minimum Gasteiger partial charge on any atom is -0.320 e. The Balaban J connectivity index is 1.31. The second-order valence-corrected chi connectivity index (χ2v) is 11.5. The summed E-state index contributed by atoms with van der Waals surface area (Å²) in [4.78, 5) is 17.6. The smallest absolute Gasteiger partial charge is 0.320 e. The van der Waals surface area contributed by atoms with E-state index in [1.807, 2.05) is 12.1 Å². The van der Waals surface area contributed by atoms with Crippen molar-refractivity contribution in [1.82, 2.24) is 9.80 Å². The number of fused-ring (bicyclic) bond motifs is 1. The molecule has 0 aromatic heterocycles. The van der Waals surface area contributed by atoms with Crippen LogP contribution in [0, 0.1) is 29.0 Å². The van der Waals surface area contributed by atoms with Gasteiger partial charge in [-0.15, -0.1) is 0 Å². The normalized spacial score (nSPS) is 25.4. The number of carbonyl (C=O) groups excluding carboxylic acids is 1. The van der Waals surface area contributed by atoms with Crippen LogP contribution < -0.4 is 5.32 Å². The van der Waals surface area contributed by atoms with E-state index in [-0.39, 0.29) is 17.1 Å². The summed E-state index contributed by atoms with van der Waals surface area (Å²) in [7, 11) is 0. The molecule has 2 aromatic rings. The van der Waals surface area contributed by atoms with Crippen LogP contribution in [0.4, 0.5) is 28.0 Å². The second-order valence-electron chi connectivity index (χ2n) is 11.5. The minimum absolute atomic E-state index is 0.0348. The number of likely N-dealkylation sites (tertiary alicyclic amines) is 1. The lowest BCUT2D eigenvalue weighted by Crippen LogP contribution is -2.49. The van der Waals surface area contributed by atoms with Gasteiger partial charge in [-0.3, -0.25) is 0 Å². The van der Waals surface area contributed by atoms with Crippen molar-refractivity contribution in [1.29, 1.82) is 5.26 Å². The van der Waals surface area contributed by atoms with Crippen molar-refractivity contribution in [3.05, 3.63) is 65.0 Å². The van der Waals surface area contributed by atoms with Crippen molar-refractivity contribution in [3.8, 4) is 6.07 Å². The van der Waals surface area contributed by atoms with Gasteiger partial charge in [-0.1, -0.05) is 19.1 Å². The van der Waals surface area contributed by atoms with Gasteiger partial charge in [0.2, 0.25) is 0 Å². The predicted molar refractivity (Wildman–Crippen MR) is 141 cm³/mol. The van der Waals surface area contributed by atoms with Crippen molar-refractivity contribution in [2.45, 2.75) is 63.1 Å². The SMILES string of the molecule is CC1CCN(CCN(C(=O)Nc2ccc(F)c(C(F)(F)F)c2)[C@@H]2CC[C@]3(c4cccc(C#N)c4)CC3C2)CC1. The van der Waals surface area contributed by atoms with Crippen LogP contribution in [-0.2, 0) is 11.6 Å². The summed E-state index contributed by atoms with van der Waals surface area (Å²) in [5.41, 5.74) is 0.385. The van der Waals surface area contributed by atoms with E-state index in [1.54, 1.807) is 11.0 Å². The topological polar surface area (TPSA) is 59.4 Å². The number of hydrogen-bond acceptors (Lipinski definition) is 3. The Morgan fingerprint density at radius 1 is 1.18 bits per heavy atom. The van der Waals surface area contributed by atoms with Gasteiger partial charge in [0.1, 0.15) is 5.82 Å². The Labute approximate surface area is 226 Å². The summed E-state index contributed by atoms with van der Waals surface area (Å²) in [6, 6.07) is 12.1. The van der Waals surface area contributed by atoms with Gasteiger partial charge in [-0.2, -0.15) is 18.4 Å². The maximum atomic E-state index is 13.8. The first-order valence-corrected chi connectivity index (χ1v) is 13.8. The molecule has 1 saturated heterocycles. The van der Waals surface area contributed by atoms with E-state index in [9.17, 15) is 27.6 Å². The van der Waals surface area contributed by atoms with E-state index in [0.717, 1.165) is 57.7 Å². The van der Waals surface area contributed by atoms with Gasteiger partial charge in [0.25, 0.3) is 0 Å². The molecule has 1 unspecified atom stereocenters. The third-order valence-corrected chi connectivity index (χ3v) is 9.04. The molecule has 0 radical (unpaired) electrons. The molecule has 9 heteroatoms. The first-order valence-electron chi connectivity index (χ1n) is 13.8. The summed E-state index contributed by atoms with van der Waals surface area (Å²) in [5, 5.41) is 11.9. The molecule has 0 spiro atoms. The number of amides is 2. The van der Waals surface area contributed by atoms with Crippen LogP contribution in [0.2, 0.25) is 0 Å². The molecule has 5 nitrogen and oxygen atoms in total. The number of carbonyl (C=O) groups is 1. The molecule has 1 aliphatic heterocycles. The van der Waals surface area contributed by atoms with Crippen LogP contribution in [-0.4, -0.2) is 48.1 Å². The fraction of sp³-hybridized carbons (Fsp3) is 0.533. The first-order chi connectivity index (χ1) is 18.6. The number of nitrogens with one attached hydrogen (secondary N) is 1. The Hall–Kier alpha value is -3.12. The molecule has 39 heavy (non-hydrogen) atoms. The van der Waals surface area contributed by atoms with Gasteiger partial charge in [-0.05, 0) is 105 Å². The molecular weight excluding hydrogens is 508 g/mol. The number of nitriles is 1. The molecule has 208 valence electrons. The molecule has 1 N–H and O–H groups in total. The highest BCUT2D eigenvalue weighted by Crippen LogP contribution is 2.62. The number of benzene rings is 2. The summed E-state index contributed by atoms with van der Waals surface area (Å²) >= 11 is 0. The molecule has 2 amide bonds. The highest BCUT2D eigenvalue weighted by molar-refractivity contribution is 5.89. The number of anilines is 1. The van der Waals surface area contributed by atoms with Gasteiger partial charge in [0.05, 0.1) is 17.2 Å². The van der Waals surface area contributed by atoms with Crippen molar-refractivity contribution in [2.24, 2.45) is 11.8 Å². The summed E-state index contributed by atoms with van der Waals surface area (Å²) in [5.74, 6) is -0.295. The third kappa shape index (κ3) is 5.91. The highest BCUT2D eigenvalue weighted by Gasteiger charge is 2.58. The van der Waals surface area contributed by atoms with Crippen LogP contribution in [0.1, 0.15) is 62.1 Å². The molecule has 2 aromatic carbocycles. The van der Waals surface area contributed by atoms with E-state index in [4.69, 9.17) is 0 Å². The zero-order valence-electron chi connectivity index (χ0n) is 22.1. The lowest BCUT2D eigenvalue weighted by atomic mass is 9.80. The Kier molecular flexibility index (Phi) is 7.60. The number of nitrogens with zero attached hydrogens (tertiary/aromatic N) is 3. The zero-order chi connectivity index (χ0) is 27.8. The van der Waals surface area contributed by atoms with E-state index in [0.29, 0.717) is 36.6 Å². The Bertz CT molecular complexity index is 1250. The highest BCUT2D eigenvalue weighted by atomic mass is 19.4. The van der Waals surface area contributed by atoms with Gasteiger partial charge >= 0.3 is 12.2 Å². The Morgan fingerprint density at radius 2 is 1.95 bits per heavy atom. The number of alkyl halides is 3. The maximum Gasteiger partial charge on any atom is 0.419 e. The summed E-state index contributed by atoms with van der Waals surface area (Å²) in [6.07, 6.45) is 0.835. The maximum absolute atomic E-state index is 13.8. The van der Waals surface area contributed by atoms with Crippen molar-refractivity contribution >= 4 is 11.7 Å². The summed E-state index contributed by atoms with van der Waals surface area (Å²) < 4.78 is 53.6. The molecule has 1 heterocycles. The van der Waals surface area contributed by atoms with Crippen LogP contribution in [0.25, 0.3) is 0 Å². The van der Waals surface area contributed by atoms with E-state index >= 15 is 0 Å². The molecule has 2 aliphatic carbocycles. The molecule has 5 rings (SSSR count). The Morgan fingerprint density at radius 3 is 2.64 bits per heavy atom. The molecule has 3 fully saturated rings. The molecule has 3 atom stereocenters. The van der Waals surface area contributed by atoms with Gasteiger partial charge in [-0.25, -0.2) is 9.18 Å². The first kappa shape index (κ1) is 27.4. The van der Waals surface area contributed by atoms with Crippen LogP contribution in [0.5, 0.6) is 0 Å². The predicted octanol–water partition coefficient (Wildman–Crippen LogP) is 6.79. The van der Waals surface area contributed by atoms with E-state index in [2.05, 4.69) is 29.3 Å². The number of urea groups is 1. The minimum atomic E-state index is -4.85. The lowest BCUT2D eigenvalue weighted by molar-refractivity contribution is -0.139. The van der Waals surface area contributed by atoms with Crippen LogP contribution in [0.3, 0.4) is 0 Å². The van der Waals surface area contributed by atoms with Crippen LogP contribution >= 0.6 is 0 Å². The summed E-state index contributed by atoms with van der Waals surface area (Å²) in [6.45, 7) is 5.35. The monoisotopic (exact) mass is 542 g/mol. The van der Waals surface area contributed by atoms with Crippen molar-refractivity contribution in [3.63, 3.8) is 0 Å². The molecule has 0 bridgehead atoms. The molecule has 2 saturated carbocycles. The number of halogens is 4. The standard InChI is InChI=1S/C30H34F4N4O/c1-20-8-11-37(12-9-20)13-14-38(28(39)36-24-5-6-27(31)26(17-24)30(32,33)34)25-7-10-29(18-23(29)16-25)22-4-2-3-21(15-22)19-35/h2-6,15,17,20,23,25H,7-14,16,18H2,1H3,(H,36,39)/t23?,25-,29-/m1/s1. The quantitative estimate of drug-likeness (QED) is 0.409. The van der Waals surface area contributed by atoms with E-state index in [1.165, 1.54) is 11.6 Å². The molecular formula is C30H34F4N4O. The number of rotatable bonds is 6. The van der Waals surface area contributed by atoms with Crippen molar-refractivity contribution in [2.75, 3.05) is 31.5 Å². The lowest BCUT2D eigenvalue weighted by Gasteiger charge is -2.39. The molecule has 3 aliphatic rings. The van der Waals surface area contributed by atoms with E-state index < -0.39 is 23.6 Å². The number of piperidine rings is 1. The largest absolute Gasteiger partial charge is 0.419 e. The zero-order valence-corrected chi connectivity index (χ0v) is 22.1. The third-order valence-electron chi connectivity index (χ3n) is 9.04. The second kappa shape index (κ2) is 10.8. The van der Waals surface area contributed by atoms with Gasteiger partial charge in [0, 0.05) is 24.8 Å². The number of hydrogen-bond donors (Lipinski definition) is 1. The average Bonchev–Trinajstić information content (AvgIpc) is 3.66. The fourth-order valence-corrected chi connectivity index (χ4v) is 6.55. The fourth-order valence-electron chi connectivity index (χ4n) is 6.55. The average molecular weight is 543 g/mol.